The summed E-state index contributed by atoms with van der Waals surface area (Å²) in [6, 6.07) is 8.98. The highest BCUT2D eigenvalue weighted by Gasteiger charge is 2.48. The molecule has 1 aromatic carbocycles. The normalized spacial score (nSPS) is 25.0. The second-order valence-corrected chi connectivity index (χ2v) is 6.25. The second-order valence-electron chi connectivity index (χ2n) is 6.25. The smallest absolute Gasteiger partial charge is 0.226 e. The van der Waals surface area contributed by atoms with E-state index in [2.05, 4.69) is 6.07 Å². The average Bonchev–Trinajstić information content (AvgIpc) is 3.37. The number of hydrogen-bond acceptors (Lipinski definition) is 2. The van der Waals surface area contributed by atoms with E-state index in [4.69, 9.17) is 5.26 Å². The standard InChI is InChI=1S/C17H19FN2O/c1-11(9-19)10-20(14-6-7-14)17(21)16-8-15(16)12-2-4-13(18)5-3-12/h2-5,11,14-16H,6-8,10H2,1H3/t11-,15-,16-/m1/s1. The number of nitriles is 1. The number of carbonyl (C=O) groups excluding carboxylic acids is 1. The molecule has 0 heterocycles. The minimum absolute atomic E-state index is 0.0157. The minimum Gasteiger partial charge on any atom is -0.338 e. The molecule has 0 aromatic heterocycles. The maximum atomic E-state index is 12.9. The van der Waals surface area contributed by atoms with Gasteiger partial charge in [0.1, 0.15) is 5.82 Å². The van der Waals surface area contributed by atoms with Gasteiger partial charge in [-0.15, -0.1) is 0 Å². The molecule has 2 aliphatic carbocycles. The molecule has 3 rings (SSSR count). The Kier molecular flexibility index (Phi) is 3.67. The van der Waals surface area contributed by atoms with Crippen molar-refractivity contribution in [3.8, 4) is 6.07 Å². The van der Waals surface area contributed by atoms with E-state index in [9.17, 15) is 9.18 Å². The van der Waals surface area contributed by atoms with Gasteiger partial charge in [0.05, 0.1) is 12.0 Å². The van der Waals surface area contributed by atoms with Crippen molar-refractivity contribution in [2.45, 2.75) is 38.1 Å². The molecule has 2 fully saturated rings. The Morgan fingerprint density at radius 2 is 2.10 bits per heavy atom. The third-order valence-electron chi connectivity index (χ3n) is 4.37. The summed E-state index contributed by atoms with van der Waals surface area (Å²) in [5.41, 5.74) is 1.04. The van der Waals surface area contributed by atoms with E-state index in [0.29, 0.717) is 12.6 Å². The van der Waals surface area contributed by atoms with Crippen molar-refractivity contribution < 1.29 is 9.18 Å². The van der Waals surface area contributed by atoms with Crippen molar-refractivity contribution in [1.82, 2.24) is 4.90 Å². The van der Waals surface area contributed by atoms with E-state index in [0.717, 1.165) is 24.8 Å². The molecule has 1 aromatic rings. The van der Waals surface area contributed by atoms with Gasteiger partial charge in [-0.1, -0.05) is 12.1 Å². The molecule has 21 heavy (non-hydrogen) atoms. The summed E-state index contributed by atoms with van der Waals surface area (Å²) in [6.45, 7) is 2.39. The van der Waals surface area contributed by atoms with Crippen LogP contribution < -0.4 is 0 Å². The highest BCUT2D eigenvalue weighted by Crippen LogP contribution is 2.49. The summed E-state index contributed by atoms with van der Waals surface area (Å²) in [6.07, 6.45) is 2.95. The molecule has 0 spiro atoms. The third kappa shape index (κ3) is 3.07. The van der Waals surface area contributed by atoms with Crippen LogP contribution in [0.5, 0.6) is 0 Å². The molecule has 1 amide bonds. The van der Waals surface area contributed by atoms with E-state index in [1.54, 1.807) is 12.1 Å². The summed E-state index contributed by atoms with van der Waals surface area (Å²) < 4.78 is 12.9. The van der Waals surface area contributed by atoms with Crippen LogP contribution in [0, 0.1) is 29.0 Å². The first-order valence-corrected chi connectivity index (χ1v) is 7.55. The quantitative estimate of drug-likeness (QED) is 0.835. The summed E-state index contributed by atoms with van der Waals surface area (Å²) in [7, 11) is 0. The number of nitrogens with zero attached hydrogens (tertiary/aromatic N) is 2. The molecule has 3 nitrogen and oxygen atoms in total. The van der Waals surface area contributed by atoms with Gasteiger partial charge in [0.25, 0.3) is 0 Å². The predicted octanol–water partition coefficient (Wildman–Crippen LogP) is 3.08. The highest BCUT2D eigenvalue weighted by atomic mass is 19.1. The van der Waals surface area contributed by atoms with E-state index >= 15 is 0 Å². The zero-order valence-corrected chi connectivity index (χ0v) is 12.1. The Hall–Kier alpha value is -1.89. The molecule has 0 saturated heterocycles. The number of benzene rings is 1. The minimum atomic E-state index is -0.246. The van der Waals surface area contributed by atoms with E-state index in [-0.39, 0.29) is 29.5 Å². The van der Waals surface area contributed by atoms with Gasteiger partial charge >= 0.3 is 0 Å². The molecule has 0 bridgehead atoms. The molecular formula is C17H19FN2O. The molecular weight excluding hydrogens is 267 g/mol. The lowest BCUT2D eigenvalue weighted by molar-refractivity contribution is -0.133. The Morgan fingerprint density at radius 1 is 1.43 bits per heavy atom. The van der Waals surface area contributed by atoms with E-state index < -0.39 is 0 Å². The van der Waals surface area contributed by atoms with Gasteiger partial charge in [-0.25, -0.2) is 4.39 Å². The summed E-state index contributed by atoms with van der Waals surface area (Å²) in [5.74, 6) is 0.0370. The van der Waals surface area contributed by atoms with Crippen molar-refractivity contribution >= 4 is 5.91 Å². The van der Waals surface area contributed by atoms with Gasteiger partial charge < -0.3 is 4.90 Å². The Labute approximate surface area is 124 Å². The van der Waals surface area contributed by atoms with Crippen molar-refractivity contribution in [3.05, 3.63) is 35.6 Å². The maximum absolute atomic E-state index is 12.9. The maximum Gasteiger partial charge on any atom is 0.226 e. The largest absolute Gasteiger partial charge is 0.338 e. The van der Waals surface area contributed by atoms with Crippen molar-refractivity contribution in [2.75, 3.05) is 6.54 Å². The van der Waals surface area contributed by atoms with Gasteiger partial charge in [-0.05, 0) is 49.8 Å². The molecule has 3 atom stereocenters. The van der Waals surface area contributed by atoms with Crippen molar-refractivity contribution in [3.63, 3.8) is 0 Å². The Bertz CT molecular complexity index is 573. The first kappa shape index (κ1) is 14.1. The first-order chi connectivity index (χ1) is 10.1. The highest BCUT2D eigenvalue weighted by molar-refractivity contribution is 5.83. The first-order valence-electron chi connectivity index (χ1n) is 7.55. The molecule has 0 N–H and O–H groups in total. The zero-order chi connectivity index (χ0) is 15.0. The van der Waals surface area contributed by atoms with Crippen LogP contribution in [0.1, 0.15) is 37.7 Å². The van der Waals surface area contributed by atoms with Gasteiger partial charge in [0.15, 0.2) is 0 Å². The van der Waals surface area contributed by atoms with Crippen LogP contribution in [0.4, 0.5) is 4.39 Å². The third-order valence-corrected chi connectivity index (χ3v) is 4.37. The van der Waals surface area contributed by atoms with Crippen LogP contribution in [0.15, 0.2) is 24.3 Å². The number of carbonyl (C=O) groups is 1. The molecule has 0 aliphatic heterocycles. The monoisotopic (exact) mass is 286 g/mol. The van der Waals surface area contributed by atoms with Crippen molar-refractivity contribution in [2.24, 2.45) is 11.8 Å². The topological polar surface area (TPSA) is 44.1 Å². The van der Waals surface area contributed by atoms with Gasteiger partial charge in [-0.2, -0.15) is 5.26 Å². The number of halogens is 1. The summed E-state index contributed by atoms with van der Waals surface area (Å²) in [5, 5.41) is 8.95. The Balaban J connectivity index is 1.65. The van der Waals surface area contributed by atoms with Crippen LogP contribution in [-0.2, 0) is 4.79 Å². The van der Waals surface area contributed by atoms with Crippen LogP contribution in [0.3, 0.4) is 0 Å². The molecule has 110 valence electrons. The fourth-order valence-electron chi connectivity index (χ4n) is 2.90. The lowest BCUT2D eigenvalue weighted by Crippen LogP contribution is -2.37. The summed E-state index contributed by atoms with van der Waals surface area (Å²) >= 11 is 0. The molecule has 2 aliphatic rings. The number of amides is 1. The second kappa shape index (κ2) is 5.48. The van der Waals surface area contributed by atoms with Crippen LogP contribution >= 0.6 is 0 Å². The predicted molar refractivity (Wildman–Crippen MR) is 76.8 cm³/mol. The lowest BCUT2D eigenvalue weighted by atomic mass is 10.1. The van der Waals surface area contributed by atoms with Crippen molar-refractivity contribution in [1.29, 1.82) is 5.26 Å². The lowest BCUT2D eigenvalue weighted by Gasteiger charge is -2.23. The van der Waals surface area contributed by atoms with E-state index in [1.165, 1.54) is 12.1 Å². The molecule has 0 radical (unpaired) electrons. The zero-order valence-electron chi connectivity index (χ0n) is 12.1. The summed E-state index contributed by atoms with van der Waals surface area (Å²) in [4.78, 5) is 14.5. The number of hydrogen-bond donors (Lipinski definition) is 0. The SMILES string of the molecule is C[C@H](C#N)CN(C(=O)[C@@H]1C[C@@H]1c1ccc(F)cc1)C1CC1. The average molecular weight is 286 g/mol. The van der Waals surface area contributed by atoms with Crippen LogP contribution in [0.2, 0.25) is 0 Å². The Morgan fingerprint density at radius 3 is 2.67 bits per heavy atom. The fraction of sp³-hybridized carbons (Fsp3) is 0.529. The van der Waals surface area contributed by atoms with Gasteiger partial charge in [0, 0.05) is 18.5 Å². The molecule has 2 saturated carbocycles. The van der Waals surface area contributed by atoms with E-state index in [1.807, 2.05) is 11.8 Å². The molecule has 4 heteroatoms. The number of rotatable bonds is 5. The van der Waals surface area contributed by atoms with Crippen LogP contribution in [-0.4, -0.2) is 23.4 Å². The molecule has 0 unspecified atom stereocenters. The van der Waals surface area contributed by atoms with Crippen LogP contribution in [0.25, 0.3) is 0 Å². The fourth-order valence-corrected chi connectivity index (χ4v) is 2.90. The van der Waals surface area contributed by atoms with Gasteiger partial charge in [-0.3, -0.25) is 4.79 Å². The van der Waals surface area contributed by atoms with Gasteiger partial charge in [0.2, 0.25) is 5.91 Å².